The number of benzene rings is 1. The van der Waals surface area contributed by atoms with Gasteiger partial charge in [-0.05, 0) is 6.07 Å². The van der Waals surface area contributed by atoms with E-state index in [1.807, 2.05) is 13.2 Å². The monoisotopic (exact) mass is 253 g/mol. The van der Waals surface area contributed by atoms with E-state index in [2.05, 4.69) is 5.10 Å². The van der Waals surface area contributed by atoms with Gasteiger partial charge in [-0.2, -0.15) is 5.10 Å². The van der Waals surface area contributed by atoms with Crippen molar-refractivity contribution in [3.8, 4) is 5.75 Å². The van der Waals surface area contributed by atoms with Gasteiger partial charge in [0, 0.05) is 19.3 Å². The lowest BCUT2D eigenvalue weighted by Gasteiger charge is -2.07. The number of halogens is 1. The van der Waals surface area contributed by atoms with Crippen molar-refractivity contribution in [1.82, 2.24) is 9.78 Å². The van der Waals surface area contributed by atoms with Crippen LogP contribution in [0.2, 0.25) is 0 Å². The summed E-state index contributed by atoms with van der Waals surface area (Å²) >= 11 is 1.28. The second-order valence-electron chi connectivity index (χ2n) is 3.48. The maximum absolute atomic E-state index is 13.7. The molecule has 2 aromatic rings. The first-order valence-corrected chi connectivity index (χ1v) is 5.71. The zero-order valence-corrected chi connectivity index (χ0v) is 10.3. The van der Waals surface area contributed by atoms with Crippen molar-refractivity contribution in [1.29, 1.82) is 0 Å². The molecule has 0 fully saturated rings. The highest BCUT2D eigenvalue weighted by Gasteiger charge is 2.10. The predicted molar refractivity (Wildman–Crippen MR) is 64.7 cm³/mol. The Morgan fingerprint density at radius 3 is 2.82 bits per heavy atom. The molecular weight excluding hydrogens is 241 g/mol. The molecule has 1 heterocycles. The number of hydrogen-bond donors (Lipinski definition) is 1. The standard InChI is InChI=1S/C11H12FN3OS/c1-15-6-7(5-14-15)17-11-4-10(16-2)9(13)3-8(11)12/h3-6H,13H2,1-2H3. The van der Waals surface area contributed by atoms with Crippen molar-refractivity contribution in [3.63, 3.8) is 0 Å². The van der Waals surface area contributed by atoms with E-state index < -0.39 is 0 Å². The van der Waals surface area contributed by atoms with Gasteiger partial charge in [-0.1, -0.05) is 11.8 Å². The molecule has 1 aromatic carbocycles. The Hall–Kier alpha value is -1.69. The average molecular weight is 253 g/mol. The molecule has 2 N–H and O–H groups in total. The van der Waals surface area contributed by atoms with E-state index in [0.29, 0.717) is 16.3 Å². The third-order valence-corrected chi connectivity index (χ3v) is 3.17. The number of methoxy groups -OCH3 is 1. The fraction of sp³-hybridized carbons (Fsp3) is 0.182. The van der Waals surface area contributed by atoms with Crippen LogP contribution >= 0.6 is 11.8 Å². The van der Waals surface area contributed by atoms with Crippen LogP contribution in [0.5, 0.6) is 5.75 Å². The molecule has 0 saturated heterocycles. The van der Waals surface area contributed by atoms with Crippen molar-refractivity contribution in [2.45, 2.75) is 9.79 Å². The summed E-state index contributed by atoms with van der Waals surface area (Å²) in [5, 5.41) is 4.02. The maximum atomic E-state index is 13.7. The summed E-state index contributed by atoms with van der Waals surface area (Å²) < 4.78 is 20.4. The van der Waals surface area contributed by atoms with Gasteiger partial charge in [0.2, 0.25) is 0 Å². The maximum Gasteiger partial charge on any atom is 0.143 e. The summed E-state index contributed by atoms with van der Waals surface area (Å²) in [5.41, 5.74) is 5.90. The van der Waals surface area contributed by atoms with Gasteiger partial charge in [0.1, 0.15) is 11.6 Å². The quantitative estimate of drug-likeness (QED) is 0.853. The molecule has 0 saturated carbocycles. The minimum atomic E-state index is -0.364. The van der Waals surface area contributed by atoms with E-state index in [0.717, 1.165) is 4.90 Å². The second kappa shape index (κ2) is 4.67. The molecule has 0 amide bonds. The van der Waals surface area contributed by atoms with Gasteiger partial charge in [-0.3, -0.25) is 4.68 Å². The van der Waals surface area contributed by atoms with Crippen LogP contribution in [0.25, 0.3) is 0 Å². The molecule has 0 atom stereocenters. The Kier molecular flexibility index (Phi) is 3.23. The molecule has 0 aliphatic heterocycles. The average Bonchev–Trinajstić information content (AvgIpc) is 2.68. The fourth-order valence-electron chi connectivity index (χ4n) is 1.38. The molecule has 0 aliphatic rings. The molecule has 0 spiro atoms. The highest BCUT2D eigenvalue weighted by atomic mass is 32.2. The van der Waals surface area contributed by atoms with Gasteiger partial charge >= 0.3 is 0 Å². The highest BCUT2D eigenvalue weighted by molar-refractivity contribution is 7.99. The molecular formula is C11H12FN3OS. The first-order chi connectivity index (χ1) is 8.10. The van der Waals surface area contributed by atoms with Crippen molar-refractivity contribution in [3.05, 3.63) is 30.3 Å². The van der Waals surface area contributed by atoms with E-state index in [1.54, 1.807) is 16.9 Å². The Morgan fingerprint density at radius 2 is 2.24 bits per heavy atom. The number of nitrogen functional groups attached to an aromatic ring is 1. The van der Waals surface area contributed by atoms with Crippen LogP contribution in [0, 0.1) is 5.82 Å². The van der Waals surface area contributed by atoms with Crippen LogP contribution in [0.1, 0.15) is 0 Å². The molecule has 0 aliphatic carbocycles. The Bertz CT molecular complexity index is 542. The van der Waals surface area contributed by atoms with Gasteiger partial charge in [0.15, 0.2) is 0 Å². The van der Waals surface area contributed by atoms with Crippen molar-refractivity contribution in [2.24, 2.45) is 7.05 Å². The van der Waals surface area contributed by atoms with Crippen LogP contribution in [0.15, 0.2) is 34.3 Å². The van der Waals surface area contributed by atoms with E-state index in [-0.39, 0.29) is 5.82 Å². The van der Waals surface area contributed by atoms with Crippen molar-refractivity contribution < 1.29 is 9.13 Å². The summed E-state index contributed by atoms with van der Waals surface area (Å²) in [6, 6.07) is 2.85. The lowest BCUT2D eigenvalue weighted by atomic mass is 10.3. The van der Waals surface area contributed by atoms with E-state index in [4.69, 9.17) is 10.5 Å². The van der Waals surface area contributed by atoms with Crippen molar-refractivity contribution in [2.75, 3.05) is 12.8 Å². The highest BCUT2D eigenvalue weighted by Crippen LogP contribution is 2.34. The largest absolute Gasteiger partial charge is 0.495 e. The summed E-state index contributed by atoms with van der Waals surface area (Å²) in [7, 11) is 3.31. The molecule has 17 heavy (non-hydrogen) atoms. The number of ether oxygens (including phenoxy) is 1. The summed E-state index contributed by atoms with van der Waals surface area (Å²) in [4.78, 5) is 1.32. The zero-order chi connectivity index (χ0) is 12.4. The third-order valence-electron chi connectivity index (χ3n) is 2.19. The van der Waals surface area contributed by atoms with Crippen LogP contribution in [-0.2, 0) is 7.05 Å². The number of anilines is 1. The number of rotatable bonds is 3. The van der Waals surface area contributed by atoms with Gasteiger partial charge in [-0.15, -0.1) is 0 Å². The minimum Gasteiger partial charge on any atom is -0.495 e. The molecule has 2 rings (SSSR count). The van der Waals surface area contributed by atoms with Gasteiger partial charge in [0.25, 0.3) is 0 Å². The van der Waals surface area contributed by atoms with Gasteiger partial charge in [-0.25, -0.2) is 4.39 Å². The number of nitrogens with zero attached hydrogens (tertiary/aromatic N) is 2. The molecule has 4 nitrogen and oxygen atoms in total. The fourth-order valence-corrected chi connectivity index (χ4v) is 2.26. The van der Waals surface area contributed by atoms with Crippen LogP contribution in [-0.4, -0.2) is 16.9 Å². The molecule has 0 bridgehead atoms. The Morgan fingerprint density at radius 1 is 1.47 bits per heavy atom. The SMILES string of the molecule is COc1cc(Sc2cnn(C)c2)c(F)cc1N. The molecule has 0 radical (unpaired) electrons. The van der Waals surface area contributed by atoms with Crippen LogP contribution in [0.3, 0.4) is 0 Å². The summed E-state index contributed by atoms with van der Waals surface area (Å²) in [6.45, 7) is 0. The Labute approximate surface area is 103 Å². The second-order valence-corrected chi connectivity index (χ2v) is 4.59. The Balaban J connectivity index is 2.32. The summed E-state index contributed by atoms with van der Waals surface area (Å²) in [5.74, 6) is 0.106. The molecule has 1 aromatic heterocycles. The number of nitrogens with two attached hydrogens (primary N) is 1. The smallest absolute Gasteiger partial charge is 0.143 e. The molecule has 0 unspecified atom stereocenters. The normalized spacial score (nSPS) is 10.5. The number of hydrogen-bond acceptors (Lipinski definition) is 4. The van der Waals surface area contributed by atoms with Gasteiger partial charge < -0.3 is 10.5 Å². The minimum absolute atomic E-state index is 0.292. The lowest BCUT2D eigenvalue weighted by Crippen LogP contribution is -1.94. The number of aryl methyl sites for hydroxylation is 1. The first kappa shape index (κ1) is 11.8. The van der Waals surface area contributed by atoms with Crippen LogP contribution < -0.4 is 10.5 Å². The van der Waals surface area contributed by atoms with E-state index in [1.165, 1.54) is 24.9 Å². The first-order valence-electron chi connectivity index (χ1n) is 4.89. The molecule has 6 heteroatoms. The summed E-state index contributed by atoms with van der Waals surface area (Å²) in [6.07, 6.45) is 3.49. The van der Waals surface area contributed by atoms with Gasteiger partial charge in [0.05, 0.1) is 28.8 Å². The van der Waals surface area contributed by atoms with Crippen molar-refractivity contribution >= 4 is 17.4 Å². The van der Waals surface area contributed by atoms with E-state index >= 15 is 0 Å². The van der Waals surface area contributed by atoms with E-state index in [9.17, 15) is 4.39 Å². The predicted octanol–water partition coefficient (Wildman–Crippen LogP) is 2.30. The lowest BCUT2D eigenvalue weighted by molar-refractivity contribution is 0.414. The molecule has 90 valence electrons. The topological polar surface area (TPSA) is 53.1 Å². The third kappa shape index (κ3) is 2.52. The van der Waals surface area contributed by atoms with Crippen LogP contribution in [0.4, 0.5) is 10.1 Å². The zero-order valence-electron chi connectivity index (χ0n) is 9.48. The number of aromatic nitrogens is 2.